The summed E-state index contributed by atoms with van der Waals surface area (Å²) in [6, 6.07) is 15.6. The van der Waals surface area contributed by atoms with Gasteiger partial charge in [-0.05, 0) is 43.7 Å². The molecular weight excluding hydrogens is 331 g/mol. The van der Waals surface area contributed by atoms with Gasteiger partial charge in [-0.25, -0.2) is 9.37 Å². The van der Waals surface area contributed by atoms with E-state index >= 15 is 0 Å². The van der Waals surface area contributed by atoms with Crippen molar-refractivity contribution < 1.29 is 13.6 Å². The van der Waals surface area contributed by atoms with Gasteiger partial charge in [0.1, 0.15) is 11.6 Å². The fraction of sp³-hybridized carbons (Fsp3) is 0.238. The quantitative estimate of drug-likeness (QED) is 0.677. The first-order chi connectivity index (χ1) is 12.5. The van der Waals surface area contributed by atoms with Crippen molar-refractivity contribution in [1.29, 1.82) is 0 Å². The molecule has 3 aromatic rings. The van der Waals surface area contributed by atoms with Crippen LogP contribution < -0.4 is 0 Å². The number of nitrogens with zero attached hydrogens (tertiary/aromatic N) is 2. The lowest BCUT2D eigenvalue weighted by molar-refractivity contribution is -0.131. The van der Waals surface area contributed by atoms with Crippen LogP contribution in [-0.2, 0) is 11.2 Å². The number of amides is 1. The van der Waals surface area contributed by atoms with E-state index in [2.05, 4.69) is 4.98 Å². The summed E-state index contributed by atoms with van der Waals surface area (Å²) >= 11 is 0. The van der Waals surface area contributed by atoms with E-state index < -0.39 is 0 Å². The SMILES string of the molecule is Cc1oc(-c2ccccc2)nc1CC(=O)N(C)C(C)c1ccc(F)cc1. The first-order valence-corrected chi connectivity index (χ1v) is 8.48. The monoisotopic (exact) mass is 352 g/mol. The van der Waals surface area contributed by atoms with Gasteiger partial charge in [0, 0.05) is 12.6 Å². The molecule has 0 bridgehead atoms. The molecule has 5 heteroatoms. The number of hydrogen-bond donors (Lipinski definition) is 0. The Morgan fingerprint density at radius 3 is 2.46 bits per heavy atom. The molecule has 2 aromatic carbocycles. The number of carbonyl (C=O) groups is 1. The van der Waals surface area contributed by atoms with Crippen LogP contribution in [0.25, 0.3) is 11.5 Å². The van der Waals surface area contributed by atoms with Gasteiger partial charge in [0.05, 0.1) is 18.2 Å². The van der Waals surface area contributed by atoms with Crippen LogP contribution in [0.5, 0.6) is 0 Å². The third-order valence-corrected chi connectivity index (χ3v) is 4.56. The lowest BCUT2D eigenvalue weighted by atomic mass is 10.1. The van der Waals surface area contributed by atoms with Gasteiger partial charge >= 0.3 is 0 Å². The van der Waals surface area contributed by atoms with Gasteiger partial charge < -0.3 is 9.32 Å². The van der Waals surface area contributed by atoms with E-state index in [0.717, 1.165) is 11.1 Å². The minimum atomic E-state index is -0.290. The van der Waals surface area contributed by atoms with E-state index in [0.29, 0.717) is 17.3 Å². The molecule has 1 heterocycles. The molecule has 0 aliphatic carbocycles. The van der Waals surface area contributed by atoms with Gasteiger partial charge in [-0.15, -0.1) is 0 Å². The molecule has 3 rings (SSSR count). The van der Waals surface area contributed by atoms with Gasteiger partial charge in [-0.1, -0.05) is 30.3 Å². The van der Waals surface area contributed by atoms with Gasteiger partial charge in [-0.3, -0.25) is 4.79 Å². The Bertz CT molecular complexity index is 888. The third kappa shape index (κ3) is 3.82. The second-order valence-electron chi connectivity index (χ2n) is 6.30. The Morgan fingerprint density at radius 2 is 1.81 bits per heavy atom. The van der Waals surface area contributed by atoms with Crippen molar-refractivity contribution in [2.24, 2.45) is 0 Å². The number of halogens is 1. The number of benzene rings is 2. The van der Waals surface area contributed by atoms with Crippen LogP contribution >= 0.6 is 0 Å². The lowest BCUT2D eigenvalue weighted by Gasteiger charge is -2.25. The van der Waals surface area contributed by atoms with Crippen molar-refractivity contribution in [1.82, 2.24) is 9.88 Å². The standard InChI is InChI=1S/C21H21FN2O2/c1-14(16-9-11-18(22)12-10-16)24(3)20(25)13-19-15(2)26-21(23-19)17-7-5-4-6-8-17/h4-12,14H,13H2,1-3H3. The molecule has 1 atom stereocenters. The smallest absolute Gasteiger partial charge is 0.228 e. The highest BCUT2D eigenvalue weighted by Crippen LogP contribution is 2.24. The van der Waals surface area contributed by atoms with E-state index in [1.54, 1.807) is 24.1 Å². The molecule has 0 N–H and O–H groups in total. The number of rotatable bonds is 5. The Hall–Kier alpha value is -2.95. The van der Waals surface area contributed by atoms with E-state index in [-0.39, 0.29) is 24.2 Å². The predicted octanol–water partition coefficient (Wildman–Crippen LogP) is 4.55. The van der Waals surface area contributed by atoms with Gasteiger partial charge in [0.2, 0.25) is 11.8 Å². The second-order valence-corrected chi connectivity index (χ2v) is 6.30. The molecule has 1 aromatic heterocycles. The summed E-state index contributed by atoms with van der Waals surface area (Å²) in [6.07, 6.45) is 0.157. The van der Waals surface area contributed by atoms with Gasteiger partial charge in [-0.2, -0.15) is 0 Å². The fourth-order valence-corrected chi connectivity index (χ4v) is 2.75. The maximum absolute atomic E-state index is 13.1. The lowest BCUT2D eigenvalue weighted by Crippen LogP contribution is -2.31. The molecule has 134 valence electrons. The molecule has 0 radical (unpaired) electrons. The molecular formula is C21H21FN2O2. The first-order valence-electron chi connectivity index (χ1n) is 8.48. The summed E-state index contributed by atoms with van der Waals surface area (Å²) in [5.74, 6) is 0.791. The molecule has 1 amide bonds. The van der Waals surface area contributed by atoms with Crippen LogP contribution in [0, 0.1) is 12.7 Å². The molecule has 4 nitrogen and oxygen atoms in total. The van der Waals surface area contributed by atoms with Crippen LogP contribution in [0.4, 0.5) is 4.39 Å². The molecule has 0 fully saturated rings. The van der Waals surface area contributed by atoms with E-state index in [9.17, 15) is 9.18 Å². The largest absolute Gasteiger partial charge is 0.441 e. The summed E-state index contributed by atoms with van der Waals surface area (Å²) in [7, 11) is 1.74. The van der Waals surface area contributed by atoms with Crippen LogP contribution in [-0.4, -0.2) is 22.8 Å². The Labute approximate surface area is 152 Å². The van der Waals surface area contributed by atoms with Gasteiger partial charge in [0.25, 0.3) is 0 Å². The average molecular weight is 352 g/mol. The van der Waals surface area contributed by atoms with Crippen molar-refractivity contribution in [2.75, 3.05) is 7.05 Å². The number of aryl methyl sites for hydroxylation is 1. The average Bonchev–Trinajstić information content (AvgIpc) is 3.02. The number of carbonyl (C=O) groups excluding carboxylic acids is 1. The zero-order chi connectivity index (χ0) is 18.7. The number of hydrogen-bond acceptors (Lipinski definition) is 3. The summed E-state index contributed by atoms with van der Waals surface area (Å²) in [5.41, 5.74) is 2.39. The number of aromatic nitrogens is 1. The van der Waals surface area contributed by atoms with Crippen LogP contribution in [0.1, 0.15) is 30.0 Å². The maximum Gasteiger partial charge on any atom is 0.228 e. The highest BCUT2D eigenvalue weighted by atomic mass is 19.1. The zero-order valence-corrected chi connectivity index (χ0v) is 15.1. The summed E-state index contributed by atoms with van der Waals surface area (Å²) in [5, 5.41) is 0. The molecule has 0 saturated carbocycles. The molecule has 26 heavy (non-hydrogen) atoms. The predicted molar refractivity (Wildman–Crippen MR) is 98.0 cm³/mol. The van der Waals surface area contributed by atoms with Crippen LogP contribution in [0.3, 0.4) is 0 Å². The van der Waals surface area contributed by atoms with E-state index in [1.807, 2.05) is 44.2 Å². The summed E-state index contributed by atoms with van der Waals surface area (Å²) < 4.78 is 18.8. The number of likely N-dealkylation sites (N-methyl/N-ethyl adjacent to an activating group) is 1. The highest BCUT2D eigenvalue weighted by Gasteiger charge is 2.21. The molecule has 0 saturated heterocycles. The second kappa shape index (κ2) is 7.52. The fourth-order valence-electron chi connectivity index (χ4n) is 2.75. The number of oxazole rings is 1. The highest BCUT2D eigenvalue weighted by molar-refractivity contribution is 5.79. The molecule has 1 unspecified atom stereocenters. The van der Waals surface area contributed by atoms with Crippen molar-refractivity contribution >= 4 is 5.91 Å². The summed E-state index contributed by atoms with van der Waals surface area (Å²) in [6.45, 7) is 3.72. The van der Waals surface area contributed by atoms with Crippen molar-refractivity contribution in [3.63, 3.8) is 0 Å². The van der Waals surface area contributed by atoms with Crippen LogP contribution in [0.2, 0.25) is 0 Å². The Morgan fingerprint density at radius 1 is 1.15 bits per heavy atom. The van der Waals surface area contributed by atoms with Crippen molar-refractivity contribution in [2.45, 2.75) is 26.3 Å². The normalized spacial score (nSPS) is 12.0. The van der Waals surface area contributed by atoms with E-state index in [4.69, 9.17) is 4.42 Å². The minimum Gasteiger partial charge on any atom is -0.441 e. The van der Waals surface area contributed by atoms with Crippen molar-refractivity contribution in [3.8, 4) is 11.5 Å². The zero-order valence-electron chi connectivity index (χ0n) is 15.1. The maximum atomic E-state index is 13.1. The molecule has 0 aliphatic rings. The van der Waals surface area contributed by atoms with Gasteiger partial charge in [0.15, 0.2) is 0 Å². The Kier molecular flexibility index (Phi) is 5.16. The Balaban J connectivity index is 1.73. The topological polar surface area (TPSA) is 46.3 Å². The summed E-state index contributed by atoms with van der Waals surface area (Å²) in [4.78, 5) is 18.8. The third-order valence-electron chi connectivity index (χ3n) is 4.56. The first kappa shape index (κ1) is 17.9. The molecule has 0 spiro atoms. The van der Waals surface area contributed by atoms with E-state index in [1.165, 1.54) is 12.1 Å². The van der Waals surface area contributed by atoms with Crippen molar-refractivity contribution in [3.05, 3.63) is 77.4 Å². The van der Waals surface area contributed by atoms with Crippen LogP contribution in [0.15, 0.2) is 59.0 Å². The minimum absolute atomic E-state index is 0.0714. The molecule has 0 aliphatic heterocycles.